The molecule has 4 N–H and O–H groups in total. The zero-order chi connectivity index (χ0) is 13.0. The van der Waals surface area contributed by atoms with Crippen LogP contribution in [0.3, 0.4) is 0 Å². The second-order valence-electron chi connectivity index (χ2n) is 4.06. The molecule has 1 rings (SSSR count). The number of oxime groups is 1. The van der Waals surface area contributed by atoms with E-state index in [-0.39, 0.29) is 18.2 Å². The summed E-state index contributed by atoms with van der Waals surface area (Å²) in [6, 6.07) is 5.40. The van der Waals surface area contributed by atoms with Gasteiger partial charge in [-0.25, -0.2) is 0 Å². The molecule has 0 radical (unpaired) electrons. The molecule has 0 bridgehead atoms. The number of carboxylic acid groups (broad SMARTS) is 1. The van der Waals surface area contributed by atoms with Crippen molar-refractivity contribution in [1.82, 2.24) is 0 Å². The molecular formula is C12H16N2O3. The lowest BCUT2D eigenvalue weighted by Crippen LogP contribution is -2.15. The summed E-state index contributed by atoms with van der Waals surface area (Å²) in [6.45, 7) is 3.69. The number of carbonyl (C=O) groups is 1. The number of carboxylic acids is 1. The van der Waals surface area contributed by atoms with Crippen molar-refractivity contribution < 1.29 is 15.1 Å². The first kappa shape index (κ1) is 13.0. The Morgan fingerprint density at radius 3 is 2.65 bits per heavy atom. The molecule has 0 aromatic heterocycles. The van der Waals surface area contributed by atoms with E-state index in [2.05, 4.69) is 5.16 Å². The van der Waals surface area contributed by atoms with Gasteiger partial charge >= 0.3 is 5.97 Å². The van der Waals surface area contributed by atoms with Crippen LogP contribution >= 0.6 is 0 Å². The van der Waals surface area contributed by atoms with E-state index in [0.717, 1.165) is 11.1 Å². The predicted octanol–water partition coefficient (Wildman–Crippen LogP) is 1.67. The lowest BCUT2D eigenvalue weighted by atomic mass is 9.94. The van der Waals surface area contributed by atoms with Crippen LogP contribution in [-0.2, 0) is 4.79 Å². The fourth-order valence-electron chi connectivity index (χ4n) is 1.71. The zero-order valence-electron chi connectivity index (χ0n) is 9.84. The Hall–Kier alpha value is -2.04. The second-order valence-corrected chi connectivity index (χ2v) is 4.06. The molecule has 1 atom stereocenters. The van der Waals surface area contributed by atoms with E-state index in [4.69, 9.17) is 16.0 Å². The van der Waals surface area contributed by atoms with Gasteiger partial charge in [0, 0.05) is 5.56 Å². The summed E-state index contributed by atoms with van der Waals surface area (Å²) in [7, 11) is 0. The normalized spacial score (nSPS) is 13.4. The summed E-state index contributed by atoms with van der Waals surface area (Å²) >= 11 is 0. The van der Waals surface area contributed by atoms with Crippen LogP contribution in [0.5, 0.6) is 0 Å². The highest BCUT2D eigenvalue weighted by Gasteiger charge is 2.12. The van der Waals surface area contributed by atoms with Crippen molar-refractivity contribution in [2.45, 2.75) is 26.2 Å². The Morgan fingerprint density at radius 2 is 2.18 bits per heavy atom. The predicted molar refractivity (Wildman–Crippen MR) is 64.4 cm³/mol. The van der Waals surface area contributed by atoms with Crippen LogP contribution in [-0.4, -0.2) is 22.1 Å². The van der Waals surface area contributed by atoms with Gasteiger partial charge in [-0.05, 0) is 24.0 Å². The summed E-state index contributed by atoms with van der Waals surface area (Å²) in [6.07, 6.45) is 0.0857. The van der Waals surface area contributed by atoms with E-state index in [9.17, 15) is 4.79 Å². The van der Waals surface area contributed by atoms with Gasteiger partial charge in [0.1, 0.15) is 0 Å². The monoisotopic (exact) mass is 236 g/mol. The largest absolute Gasteiger partial charge is 0.481 e. The Morgan fingerprint density at radius 1 is 1.53 bits per heavy atom. The molecule has 1 aromatic carbocycles. The number of rotatable bonds is 4. The molecule has 0 saturated heterocycles. The third kappa shape index (κ3) is 3.21. The standard InChI is InChI=1S/C12H16N2O3/c1-7(6-11(15)16)9-3-4-10(8(2)5-9)12(13)14-17/h3-5,7,17H,6H2,1-2H3,(H2,13,14)(H,15,16). The van der Waals surface area contributed by atoms with Crippen molar-refractivity contribution in [2.24, 2.45) is 10.9 Å². The molecule has 0 heterocycles. The number of hydrogen-bond acceptors (Lipinski definition) is 3. The van der Waals surface area contributed by atoms with Crippen molar-refractivity contribution in [2.75, 3.05) is 0 Å². The molecule has 0 fully saturated rings. The molecule has 0 aliphatic rings. The quantitative estimate of drug-likeness (QED) is 0.320. The summed E-state index contributed by atoms with van der Waals surface area (Å²) in [5.41, 5.74) is 7.95. The molecule has 17 heavy (non-hydrogen) atoms. The van der Waals surface area contributed by atoms with Gasteiger partial charge in [0.2, 0.25) is 0 Å². The van der Waals surface area contributed by atoms with E-state index >= 15 is 0 Å². The summed E-state index contributed by atoms with van der Waals surface area (Å²) < 4.78 is 0. The molecule has 5 heteroatoms. The highest BCUT2D eigenvalue weighted by Crippen LogP contribution is 2.21. The van der Waals surface area contributed by atoms with Gasteiger partial charge in [-0.2, -0.15) is 0 Å². The first-order valence-corrected chi connectivity index (χ1v) is 5.26. The van der Waals surface area contributed by atoms with Gasteiger partial charge in [-0.1, -0.05) is 30.3 Å². The van der Waals surface area contributed by atoms with Crippen LogP contribution in [0.25, 0.3) is 0 Å². The van der Waals surface area contributed by atoms with Gasteiger partial charge < -0.3 is 16.0 Å². The molecule has 5 nitrogen and oxygen atoms in total. The van der Waals surface area contributed by atoms with E-state index in [1.54, 1.807) is 12.1 Å². The summed E-state index contributed by atoms with van der Waals surface area (Å²) in [5, 5.41) is 20.3. The molecule has 1 aromatic rings. The van der Waals surface area contributed by atoms with Crippen LogP contribution in [0.2, 0.25) is 0 Å². The third-order valence-electron chi connectivity index (χ3n) is 2.68. The van der Waals surface area contributed by atoms with E-state index in [1.807, 2.05) is 19.9 Å². The van der Waals surface area contributed by atoms with Crippen LogP contribution in [0.15, 0.2) is 23.4 Å². The van der Waals surface area contributed by atoms with Gasteiger partial charge in [0.15, 0.2) is 5.84 Å². The Balaban J connectivity index is 3.00. The number of benzene rings is 1. The van der Waals surface area contributed by atoms with Gasteiger partial charge in [0.05, 0.1) is 6.42 Å². The van der Waals surface area contributed by atoms with E-state index < -0.39 is 5.97 Å². The summed E-state index contributed by atoms with van der Waals surface area (Å²) in [5.74, 6) is -0.830. The maximum Gasteiger partial charge on any atom is 0.303 e. The van der Waals surface area contributed by atoms with Crippen molar-refractivity contribution in [3.8, 4) is 0 Å². The number of amidine groups is 1. The molecule has 0 saturated carbocycles. The Bertz CT molecular complexity index is 455. The average Bonchev–Trinajstić information content (AvgIpc) is 2.27. The highest BCUT2D eigenvalue weighted by molar-refractivity contribution is 5.98. The van der Waals surface area contributed by atoms with Crippen LogP contribution in [0, 0.1) is 6.92 Å². The minimum atomic E-state index is -0.823. The highest BCUT2D eigenvalue weighted by atomic mass is 16.4. The minimum absolute atomic E-state index is 0.0555. The molecule has 0 aliphatic heterocycles. The fraction of sp³-hybridized carbons (Fsp3) is 0.333. The van der Waals surface area contributed by atoms with Crippen molar-refractivity contribution in [3.05, 3.63) is 34.9 Å². The number of aryl methyl sites for hydroxylation is 1. The fourth-order valence-corrected chi connectivity index (χ4v) is 1.71. The maximum atomic E-state index is 10.6. The number of nitrogens with two attached hydrogens (primary N) is 1. The van der Waals surface area contributed by atoms with Crippen LogP contribution < -0.4 is 5.73 Å². The van der Waals surface area contributed by atoms with Crippen molar-refractivity contribution in [3.63, 3.8) is 0 Å². The average molecular weight is 236 g/mol. The third-order valence-corrected chi connectivity index (χ3v) is 2.68. The van der Waals surface area contributed by atoms with Crippen molar-refractivity contribution >= 4 is 11.8 Å². The Labute approximate surface area is 99.6 Å². The zero-order valence-corrected chi connectivity index (χ0v) is 9.84. The number of nitrogens with zero attached hydrogens (tertiary/aromatic N) is 1. The van der Waals surface area contributed by atoms with Crippen LogP contribution in [0.4, 0.5) is 0 Å². The topological polar surface area (TPSA) is 95.9 Å². The maximum absolute atomic E-state index is 10.6. The lowest BCUT2D eigenvalue weighted by molar-refractivity contribution is -0.137. The first-order valence-electron chi connectivity index (χ1n) is 5.26. The second kappa shape index (κ2) is 5.34. The Kier molecular flexibility index (Phi) is 4.09. The molecule has 0 aliphatic carbocycles. The number of hydrogen-bond donors (Lipinski definition) is 3. The van der Waals surface area contributed by atoms with E-state index in [0.29, 0.717) is 5.56 Å². The first-order chi connectivity index (χ1) is 7.95. The SMILES string of the molecule is Cc1cc(C(C)CC(=O)O)ccc1/C(N)=N\O. The molecule has 0 amide bonds. The smallest absolute Gasteiger partial charge is 0.303 e. The molecular weight excluding hydrogens is 220 g/mol. The van der Waals surface area contributed by atoms with E-state index in [1.165, 1.54) is 0 Å². The molecule has 1 unspecified atom stereocenters. The van der Waals surface area contributed by atoms with Crippen molar-refractivity contribution in [1.29, 1.82) is 0 Å². The van der Waals surface area contributed by atoms with Gasteiger partial charge in [-0.15, -0.1) is 0 Å². The minimum Gasteiger partial charge on any atom is -0.481 e. The molecule has 92 valence electrons. The lowest BCUT2D eigenvalue weighted by Gasteiger charge is -2.12. The van der Waals surface area contributed by atoms with Gasteiger partial charge in [-0.3, -0.25) is 4.79 Å². The number of aliphatic carboxylic acids is 1. The van der Waals surface area contributed by atoms with Gasteiger partial charge in [0.25, 0.3) is 0 Å². The molecule has 0 spiro atoms. The van der Waals surface area contributed by atoms with Crippen LogP contribution in [0.1, 0.15) is 36.0 Å². The summed E-state index contributed by atoms with van der Waals surface area (Å²) in [4.78, 5) is 10.6.